The molecule has 0 aromatic rings. The van der Waals surface area contributed by atoms with Crippen LogP contribution in [-0.4, -0.2) is 74.3 Å². The van der Waals surface area contributed by atoms with Crippen LogP contribution in [0.25, 0.3) is 0 Å². The molecule has 2 N–H and O–H groups in total. The lowest BCUT2D eigenvalue weighted by Gasteiger charge is -2.27. The van der Waals surface area contributed by atoms with E-state index < -0.39 is 20.0 Å². The van der Waals surface area contributed by atoms with Crippen molar-refractivity contribution in [2.75, 3.05) is 40.9 Å². The fourth-order valence-electron chi connectivity index (χ4n) is 9.10. The smallest absolute Gasteiger partial charge is 0.456 e. The summed E-state index contributed by atoms with van der Waals surface area (Å²) >= 11 is 0. The summed E-state index contributed by atoms with van der Waals surface area (Å²) in [5.41, 5.74) is 0. The maximum absolute atomic E-state index is 13.5. The number of carbonyl (C=O) groups excluding carboxylic acids is 2. The molecule has 3 unspecified atom stereocenters. The van der Waals surface area contributed by atoms with Crippen molar-refractivity contribution in [3.8, 4) is 0 Å². The van der Waals surface area contributed by atoms with Gasteiger partial charge in [0.25, 0.3) is 0 Å². The summed E-state index contributed by atoms with van der Waals surface area (Å²) in [5.74, 6) is -0.518. The highest BCUT2D eigenvalue weighted by atomic mass is 31.2. The van der Waals surface area contributed by atoms with Crippen molar-refractivity contribution in [1.29, 1.82) is 0 Å². The van der Waals surface area contributed by atoms with Gasteiger partial charge in [0, 0.05) is 12.8 Å². The normalized spacial score (nSPS) is 14.1. The Kier molecular flexibility index (Phi) is 54.8. The topological polar surface area (TPSA) is 111 Å². The van der Waals surface area contributed by atoms with Gasteiger partial charge in [-0.05, 0) is 102 Å². The van der Waals surface area contributed by atoms with Gasteiger partial charge in [0.2, 0.25) is 5.91 Å². The first kappa shape index (κ1) is 74.5. The summed E-state index contributed by atoms with van der Waals surface area (Å²) in [6.07, 6.45) is 73.2. The summed E-state index contributed by atoms with van der Waals surface area (Å²) in [7, 11) is 1.48. The Labute approximate surface area is 476 Å². The molecule has 1 amide bonds. The highest BCUT2D eigenvalue weighted by molar-refractivity contribution is 7.47. The number of quaternary nitrogens is 1. The number of rotatable bonds is 58. The number of nitrogens with one attached hydrogen (secondary N) is 1. The van der Waals surface area contributed by atoms with E-state index in [0.717, 1.165) is 103 Å². The number of phosphoric acid groups is 1. The van der Waals surface area contributed by atoms with Gasteiger partial charge in [0.15, 0.2) is 0 Å². The molecule has 0 aromatic heterocycles. The number of allylic oxidation sites excluding steroid dienone is 11. The van der Waals surface area contributed by atoms with E-state index in [1.165, 1.54) is 154 Å². The first-order chi connectivity index (χ1) is 37.4. The number of phosphoric ester groups is 1. The van der Waals surface area contributed by atoms with Gasteiger partial charge < -0.3 is 19.4 Å². The summed E-state index contributed by atoms with van der Waals surface area (Å²) in [6, 6.07) is -0.857. The molecule has 0 aliphatic heterocycles. The Morgan fingerprint density at radius 1 is 0.455 bits per heavy atom. The van der Waals surface area contributed by atoms with Crippen LogP contribution in [0.5, 0.6) is 0 Å². The quantitative estimate of drug-likeness (QED) is 0.0205. The maximum atomic E-state index is 13.5. The number of esters is 1. The zero-order valence-corrected chi connectivity index (χ0v) is 52.1. The van der Waals surface area contributed by atoms with Gasteiger partial charge in [-0.25, -0.2) is 4.57 Å². The van der Waals surface area contributed by atoms with Gasteiger partial charge >= 0.3 is 13.8 Å². The molecule has 0 saturated heterocycles. The molecule has 448 valence electrons. The van der Waals surface area contributed by atoms with Gasteiger partial charge in [-0.15, -0.1) is 0 Å². The van der Waals surface area contributed by atoms with Gasteiger partial charge in [-0.1, -0.05) is 248 Å². The molecule has 0 radical (unpaired) electrons. The molecule has 0 aliphatic carbocycles. The Balaban J connectivity index is 5.24. The van der Waals surface area contributed by atoms with Crippen molar-refractivity contribution in [3.63, 3.8) is 0 Å². The van der Waals surface area contributed by atoms with Gasteiger partial charge in [-0.2, -0.15) is 0 Å². The molecular weight excluding hydrogens is 976 g/mol. The van der Waals surface area contributed by atoms with E-state index in [1.807, 2.05) is 33.3 Å². The molecule has 0 spiro atoms. The zero-order valence-electron chi connectivity index (χ0n) is 51.2. The fraction of sp³-hybridized carbons (Fsp3) is 0.791. The van der Waals surface area contributed by atoms with Gasteiger partial charge in [-0.3, -0.25) is 18.6 Å². The molecule has 3 atom stereocenters. The lowest BCUT2D eigenvalue weighted by Crippen LogP contribution is -2.47. The number of hydrogen-bond acceptors (Lipinski definition) is 6. The molecule has 9 nitrogen and oxygen atoms in total. The lowest BCUT2D eigenvalue weighted by molar-refractivity contribution is -0.870. The minimum atomic E-state index is -4.45. The van der Waals surface area contributed by atoms with Crippen molar-refractivity contribution >= 4 is 19.7 Å². The first-order valence-electron chi connectivity index (χ1n) is 32.3. The third kappa shape index (κ3) is 57.9. The highest BCUT2D eigenvalue weighted by Gasteiger charge is 2.30. The number of ether oxygens (including phenoxy) is 1. The predicted octanol–water partition coefficient (Wildman–Crippen LogP) is 20.0. The SMILES string of the molecule is CCCCC/C=C\C/C=C\C/C=C\C/C=C\CCCCCCCCCC(=O)OC(/C=C\CCCCCCCCCCCCC)C(COP(=O)(O)OCC[N+](C)(C)C)NC(=O)CCCCCCCCC/C=C\CCCCCC. The molecule has 0 saturated carbocycles. The average Bonchev–Trinajstić information content (AvgIpc) is 3.39. The van der Waals surface area contributed by atoms with Crippen LogP contribution in [0.3, 0.4) is 0 Å². The molecule has 10 heteroatoms. The van der Waals surface area contributed by atoms with Crippen LogP contribution >= 0.6 is 7.82 Å². The largest absolute Gasteiger partial charge is 0.472 e. The Bertz CT molecular complexity index is 1550. The van der Waals surface area contributed by atoms with Crippen LogP contribution in [0.4, 0.5) is 0 Å². The minimum Gasteiger partial charge on any atom is -0.456 e. The van der Waals surface area contributed by atoms with Crippen LogP contribution in [-0.2, 0) is 27.9 Å². The third-order valence-corrected chi connectivity index (χ3v) is 15.1. The average molecular weight is 1100 g/mol. The number of carbonyl (C=O) groups is 2. The fourth-order valence-corrected chi connectivity index (χ4v) is 9.83. The van der Waals surface area contributed by atoms with Crippen LogP contribution in [0.2, 0.25) is 0 Å². The van der Waals surface area contributed by atoms with Crippen molar-refractivity contribution in [2.24, 2.45) is 0 Å². The van der Waals surface area contributed by atoms with Crippen molar-refractivity contribution in [3.05, 3.63) is 72.9 Å². The van der Waals surface area contributed by atoms with E-state index in [0.29, 0.717) is 17.4 Å². The van der Waals surface area contributed by atoms with E-state index in [2.05, 4.69) is 86.8 Å². The second kappa shape index (κ2) is 56.7. The standard InChI is InChI=1S/C67H123N2O7P/c1-7-10-13-16-19-22-25-28-30-31-32-33-34-35-36-37-39-42-45-48-51-54-57-60-67(71)76-65(58-55-52-49-46-43-40-27-24-21-18-15-12-9-3)64(63-75-77(72,73)74-62-61-69(4,5)6)68-66(70)59-56-53-50-47-44-41-38-29-26-23-20-17-14-11-8-2/h19,22-23,26,28,30,32-33,35-36,55,58,64-65H,7-18,20-21,24-25,27,29,31,34,37-54,56-57,59-63H2,1-6H3,(H-,68,70,72,73)/p+1/b22-19-,26-23-,30-28-,33-32-,36-35-,58-55-. The molecule has 0 bridgehead atoms. The Morgan fingerprint density at radius 3 is 1.23 bits per heavy atom. The Morgan fingerprint density at radius 2 is 0.792 bits per heavy atom. The van der Waals surface area contributed by atoms with Crippen LogP contribution < -0.4 is 5.32 Å². The van der Waals surface area contributed by atoms with E-state index in [1.54, 1.807) is 0 Å². The summed E-state index contributed by atoms with van der Waals surface area (Å²) in [5, 5.41) is 3.06. The molecular formula is C67H124N2O7P+. The summed E-state index contributed by atoms with van der Waals surface area (Å²) < 4.78 is 30.7. The van der Waals surface area contributed by atoms with Crippen molar-refractivity contribution < 1.29 is 37.3 Å². The minimum absolute atomic E-state index is 0.0357. The molecule has 0 aromatic carbocycles. The predicted molar refractivity (Wildman–Crippen MR) is 332 cm³/mol. The lowest BCUT2D eigenvalue weighted by atomic mass is 10.0. The van der Waals surface area contributed by atoms with E-state index in [-0.39, 0.29) is 31.5 Å². The van der Waals surface area contributed by atoms with Crippen LogP contribution in [0, 0.1) is 0 Å². The second-order valence-electron chi connectivity index (χ2n) is 22.9. The van der Waals surface area contributed by atoms with Gasteiger partial charge in [0.05, 0.1) is 33.8 Å². The van der Waals surface area contributed by atoms with Crippen molar-refractivity contribution in [2.45, 2.75) is 303 Å². The maximum Gasteiger partial charge on any atom is 0.472 e. The van der Waals surface area contributed by atoms with Crippen LogP contribution in [0.15, 0.2) is 72.9 Å². The molecule has 0 fully saturated rings. The number of amides is 1. The zero-order chi connectivity index (χ0) is 56.4. The van der Waals surface area contributed by atoms with Gasteiger partial charge in [0.1, 0.15) is 19.3 Å². The van der Waals surface area contributed by atoms with Crippen molar-refractivity contribution in [1.82, 2.24) is 5.32 Å². The number of likely N-dealkylation sites (N-methyl/N-ethyl adjacent to an activating group) is 1. The van der Waals surface area contributed by atoms with E-state index in [4.69, 9.17) is 13.8 Å². The Hall–Kier alpha value is -2.55. The summed E-state index contributed by atoms with van der Waals surface area (Å²) in [6.45, 7) is 6.98. The van der Waals surface area contributed by atoms with Crippen LogP contribution in [0.1, 0.15) is 290 Å². The number of unbranched alkanes of at least 4 members (excludes halogenated alkanes) is 32. The number of hydrogen-bond donors (Lipinski definition) is 2. The molecule has 0 heterocycles. The number of nitrogens with zero attached hydrogens (tertiary/aromatic N) is 1. The monoisotopic (exact) mass is 1100 g/mol. The molecule has 0 aliphatic rings. The van der Waals surface area contributed by atoms with E-state index >= 15 is 0 Å². The summed E-state index contributed by atoms with van der Waals surface area (Å²) in [4.78, 5) is 37.8. The highest BCUT2D eigenvalue weighted by Crippen LogP contribution is 2.43. The van der Waals surface area contributed by atoms with E-state index in [9.17, 15) is 19.0 Å². The molecule has 0 rings (SSSR count). The first-order valence-corrected chi connectivity index (χ1v) is 33.8. The molecule has 77 heavy (non-hydrogen) atoms. The second-order valence-corrected chi connectivity index (χ2v) is 24.4. The third-order valence-electron chi connectivity index (χ3n) is 14.1.